The van der Waals surface area contributed by atoms with E-state index in [9.17, 15) is 4.79 Å². The van der Waals surface area contributed by atoms with Gasteiger partial charge in [0.15, 0.2) is 0 Å². The predicted molar refractivity (Wildman–Crippen MR) is 85.8 cm³/mol. The highest BCUT2D eigenvalue weighted by Crippen LogP contribution is 2.13. The summed E-state index contributed by atoms with van der Waals surface area (Å²) >= 11 is 0. The first-order valence-corrected chi connectivity index (χ1v) is 7.27. The van der Waals surface area contributed by atoms with Crippen molar-refractivity contribution in [3.8, 4) is 0 Å². The zero-order valence-corrected chi connectivity index (χ0v) is 12.7. The molecule has 0 aliphatic carbocycles. The van der Waals surface area contributed by atoms with E-state index in [1.54, 1.807) is 12.3 Å². The number of hydrogen-bond acceptors (Lipinski definition) is 3. The van der Waals surface area contributed by atoms with Crippen LogP contribution in [-0.4, -0.2) is 27.0 Å². The van der Waals surface area contributed by atoms with Crippen LogP contribution in [0.25, 0.3) is 10.9 Å². The maximum atomic E-state index is 12.2. The van der Waals surface area contributed by atoms with Crippen LogP contribution >= 0.6 is 0 Å². The second-order valence-electron chi connectivity index (χ2n) is 5.27. The van der Waals surface area contributed by atoms with Gasteiger partial charge in [0.2, 0.25) is 0 Å². The zero-order chi connectivity index (χ0) is 15.5. The van der Waals surface area contributed by atoms with Crippen molar-refractivity contribution in [2.45, 2.75) is 20.4 Å². The lowest BCUT2D eigenvalue weighted by atomic mass is 10.1. The molecule has 3 rings (SSSR count). The number of nitrogens with zero attached hydrogens (tertiary/aromatic N) is 3. The Morgan fingerprint density at radius 2 is 2.09 bits per heavy atom. The zero-order valence-electron chi connectivity index (χ0n) is 12.7. The third-order valence-corrected chi connectivity index (χ3v) is 3.74. The molecule has 0 aliphatic heterocycles. The first kappa shape index (κ1) is 14.3. The number of carbonyl (C=O) groups excluding carboxylic acids is 1. The molecule has 2 heterocycles. The van der Waals surface area contributed by atoms with Crippen LogP contribution in [0.15, 0.2) is 42.7 Å². The standard InChI is InChI=1S/C17H18N4O/c1-12-11-20-13(2)21(12)9-8-19-17(22)15-5-6-16-14(10-15)4-3-7-18-16/h3-7,10-11H,8-9H2,1-2H3,(H,19,22). The van der Waals surface area contributed by atoms with Gasteiger partial charge in [-0.25, -0.2) is 4.98 Å². The Kier molecular flexibility index (Phi) is 3.87. The molecule has 0 fully saturated rings. The third-order valence-electron chi connectivity index (χ3n) is 3.74. The van der Waals surface area contributed by atoms with Gasteiger partial charge in [-0.15, -0.1) is 0 Å². The number of aryl methyl sites for hydroxylation is 2. The number of rotatable bonds is 4. The Hall–Kier alpha value is -2.69. The van der Waals surface area contributed by atoms with Crippen molar-refractivity contribution in [2.24, 2.45) is 0 Å². The van der Waals surface area contributed by atoms with Crippen LogP contribution in [0.2, 0.25) is 0 Å². The summed E-state index contributed by atoms with van der Waals surface area (Å²) in [4.78, 5) is 20.7. The van der Waals surface area contributed by atoms with E-state index in [0.717, 1.165) is 29.0 Å². The van der Waals surface area contributed by atoms with Crippen LogP contribution in [-0.2, 0) is 6.54 Å². The molecule has 0 bridgehead atoms. The molecule has 22 heavy (non-hydrogen) atoms. The normalized spacial score (nSPS) is 10.8. The molecule has 3 aromatic rings. The van der Waals surface area contributed by atoms with Gasteiger partial charge in [0.1, 0.15) is 5.82 Å². The number of aromatic nitrogens is 3. The first-order valence-electron chi connectivity index (χ1n) is 7.27. The van der Waals surface area contributed by atoms with Gasteiger partial charge < -0.3 is 9.88 Å². The van der Waals surface area contributed by atoms with Gasteiger partial charge in [-0.3, -0.25) is 9.78 Å². The largest absolute Gasteiger partial charge is 0.350 e. The molecule has 1 aromatic carbocycles. The van der Waals surface area contributed by atoms with Crippen molar-refractivity contribution >= 4 is 16.8 Å². The highest BCUT2D eigenvalue weighted by Gasteiger charge is 2.07. The monoisotopic (exact) mass is 294 g/mol. The van der Waals surface area contributed by atoms with Gasteiger partial charge in [0.25, 0.3) is 5.91 Å². The highest BCUT2D eigenvalue weighted by molar-refractivity contribution is 5.97. The van der Waals surface area contributed by atoms with E-state index < -0.39 is 0 Å². The average molecular weight is 294 g/mol. The van der Waals surface area contributed by atoms with Crippen LogP contribution in [0.5, 0.6) is 0 Å². The molecule has 0 spiro atoms. The summed E-state index contributed by atoms with van der Waals surface area (Å²) in [5, 5.41) is 3.92. The summed E-state index contributed by atoms with van der Waals surface area (Å²) in [6.07, 6.45) is 3.59. The summed E-state index contributed by atoms with van der Waals surface area (Å²) in [6.45, 7) is 5.27. The van der Waals surface area contributed by atoms with Crippen molar-refractivity contribution in [1.29, 1.82) is 0 Å². The molecule has 0 unspecified atom stereocenters. The molecule has 2 aromatic heterocycles. The number of nitrogens with one attached hydrogen (secondary N) is 1. The lowest BCUT2D eigenvalue weighted by molar-refractivity contribution is 0.0952. The summed E-state index contributed by atoms with van der Waals surface area (Å²) in [5.41, 5.74) is 2.65. The Labute approximate surface area is 129 Å². The van der Waals surface area contributed by atoms with E-state index in [2.05, 4.69) is 19.9 Å². The second-order valence-corrected chi connectivity index (χ2v) is 5.27. The molecule has 1 N–H and O–H groups in total. The molecule has 112 valence electrons. The molecule has 0 saturated carbocycles. The summed E-state index contributed by atoms with van der Waals surface area (Å²) < 4.78 is 2.09. The fraction of sp³-hybridized carbons (Fsp3) is 0.235. The average Bonchev–Trinajstić information content (AvgIpc) is 2.86. The van der Waals surface area contributed by atoms with Gasteiger partial charge in [-0.2, -0.15) is 0 Å². The lowest BCUT2D eigenvalue weighted by Gasteiger charge is -2.09. The quantitative estimate of drug-likeness (QED) is 0.804. The fourth-order valence-corrected chi connectivity index (χ4v) is 2.52. The molecular weight excluding hydrogens is 276 g/mol. The summed E-state index contributed by atoms with van der Waals surface area (Å²) in [7, 11) is 0. The number of fused-ring (bicyclic) bond motifs is 1. The van der Waals surface area contributed by atoms with E-state index in [4.69, 9.17) is 0 Å². The van der Waals surface area contributed by atoms with Crippen LogP contribution in [0, 0.1) is 13.8 Å². The number of benzene rings is 1. The molecule has 5 heteroatoms. The smallest absolute Gasteiger partial charge is 0.251 e. The topological polar surface area (TPSA) is 59.8 Å². The van der Waals surface area contributed by atoms with E-state index in [1.165, 1.54) is 0 Å². The van der Waals surface area contributed by atoms with E-state index in [0.29, 0.717) is 12.1 Å². The first-order chi connectivity index (χ1) is 10.6. The fourth-order valence-electron chi connectivity index (χ4n) is 2.52. The third kappa shape index (κ3) is 2.83. The van der Waals surface area contributed by atoms with Crippen LogP contribution < -0.4 is 5.32 Å². The van der Waals surface area contributed by atoms with Crippen LogP contribution in [0.1, 0.15) is 21.9 Å². The second kappa shape index (κ2) is 5.97. The molecule has 0 aliphatic rings. The minimum absolute atomic E-state index is 0.0684. The predicted octanol–water partition coefficient (Wildman–Crippen LogP) is 2.48. The molecule has 0 radical (unpaired) electrons. The van der Waals surface area contributed by atoms with Crippen LogP contribution in [0.4, 0.5) is 0 Å². The SMILES string of the molecule is Cc1cnc(C)n1CCNC(=O)c1ccc2ncccc2c1. The maximum Gasteiger partial charge on any atom is 0.251 e. The molecule has 5 nitrogen and oxygen atoms in total. The van der Waals surface area contributed by atoms with Gasteiger partial charge >= 0.3 is 0 Å². The number of hydrogen-bond donors (Lipinski definition) is 1. The highest BCUT2D eigenvalue weighted by atomic mass is 16.1. The molecule has 0 atom stereocenters. The summed E-state index contributed by atoms with van der Waals surface area (Å²) in [5.74, 6) is 0.893. The Bertz CT molecular complexity index is 803. The van der Waals surface area contributed by atoms with E-state index in [-0.39, 0.29) is 5.91 Å². The van der Waals surface area contributed by atoms with Crippen molar-refractivity contribution in [1.82, 2.24) is 19.9 Å². The van der Waals surface area contributed by atoms with Crippen molar-refractivity contribution < 1.29 is 4.79 Å². The van der Waals surface area contributed by atoms with Gasteiger partial charge in [0, 0.05) is 42.1 Å². The molecule has 1 amide bonds. The number of pyridine rings is 1. The molecule has 0 saturated heterocycles. The van der Waals surface area contributed by atoms with E-state index >= 15 is 0 Å². The Morgan fingerprint density at radius 1 is 1.23 bits per heavy atom. The lowest BCUT2D eigenvalue weighted by Crippen LogP contribution is -2.27. The van der Waals surface area contributed by atoms with Gasteiger partial charge in [-0.1, -0.05) is 6.07 Å². The van der Waals surface area contributed by atoms with Gasteiger partial charge in [0.05, 0.1) is 5.52 Å². The maximum absolute atomic E-state index is 12.2. The number of carbonyl (C=O) groups is 1. The molecular formula is C17H18N4O. The van der Waals surface area contributed by atoms with Gasteiger partial charge in [-0.05, 0) is 38.1 Å². The number of imidazole rings is 1. The van der Waals surface area contributed by atoms with E-state index in [1.807, 2.05) is 44.3 Å². The van der Waals surface area contributed by atoms with Crippen molar-refractivity contribution in [3.05, 3.63) is 59.8 Å². The Morgan fingerprint density at radius 3 is 2.86 bits per heavy atom. The Balaban J connectivity index is 1.66. The minimum atomic E-state index is -0.0684. The number of amides is 1. The van der Waals surface area contributed by atoms with Crippen molar-refractivity contribution in [2.75, 3.05) is 6.54 Å². The van der Waals surface area contributed by atoms with Crippen LogP contribution in [0.3, 0.4) is 0 Å². The van der Waals surface area contributed by atoms with Crippen molar-refractivity contribution in [3.63, 3.8) is 0 Å². The minimum Gasteiger partial charge on any atom is -0.350 e. The summed E-state index contributed by atoms with van der Waals surface area (Å²) in [6, 6.07) is 9.37.